The number of hydrogen-bond donors (Lipinski definition) is 2. The van der Waals surface area contributed by atoms with Gasteiger partial charge in [-0.2, -0.15) is 13.2 Å². The Morgan fingerprint density at radius 2 is 1.95 bits per heavy atom. The third-order valence-electron chi connectivity index (χ3n) is 2.85. The van der Waals surface area contributed by atoms with E-state index in [9.17, 15) is 13.2 Å². The first-order valence-corrected chi connectivity index (χ1v) is 6.86. The summed E-state index contributed by atoms with van der Waals surface area (Å²) >= 11 is 4.83. The Balaban J connectivity index is 3.00. The molecule has 0 bridgehead atoms. The molecular weight excluding hydrogens is 301 g/mol. The number of nitrogens with two attached hydrogens (primary N) is 1. The summed E-state index contributed by atoms with van der Waals surface area (Å²) in [4.78, 5) is -0.0854. The Hall–Kier alpha value is -1.34. The van der Waals surface area contributed by atoms with Crippen LogP contribution in [-0.4, -0.2) is 23.7 Å². The zero-order chi connectivity index (χ0) is 16.3. The highest BCUT2D eigenvalue weighted by atomic mass is 32.1. The van der Waals surface area contributed by atoms with E-state index < -0.39 is 17.3 Å². The Morgan fingerprint density at radius 1 is 1.33 bits per heavy atom. The Labute approximate surface area is 127 Å². The molecule has 0 aliphatic heterocycles. The topological polar surface area (TPSA) is 47.3 Å². The van der Waals surface area contributed by atoms with E-state index in [0.29, 0.717) is 18.8 Å². The molecule has 0 spiro atoms. The monoisotopic (exact) mass is 320 g/mol. The maximum Gasteiger partial charge on any atom is 0.416 e. The number of halogens is 3. The van der Waals surface area contributed by atoms with E-state index in [0.717, 1.165) is 12.1 Å². The minimum absolute atomic E-state index is 0.0854. The second-order valence-electron chi connectivity index (χ2n) is 5.17. The second-order valence-corrected chi connectivity index (χ2v) is 5.61. The van der Waals surface area contributed by atoms with Crippen LogP contribution in [0.5, 0.6) is 0 Å². The highest BCUT2D eigenvalue weighted by Crippen LogP contribution is 2.32. The second kappa shape index (κ2) is 6.62. The van der Waals surface area contributed by atoms with Crippen LogP contribution in [0.2, 0.25) is 0 Å². The summed E-state index contributed by atoms with van der Waals surface area (Å²) in [5.41, 5.74) is 4.92. The van der Waals surface area contributed by atoms with Gasteiger partial charge in [-0.05, 0) is 39.0 Å². The van der Waals surface area contributed by atoms with Gasteiger partial charge in [0.25, 0.3) is 0 Å². The van der Waals surface area contributed by atoms with Crippen LogP contribution in [-0.2, 0) is 10.9 Å². The average molecular weight is 320 g/mol. The average Bonchev–Trinajstić information content (AvgIpc) is 2.35. The van der Waals surface area contributed by atoms with Crippen LogP contribution in [0.4, 0.5) is 18.9 Å². The Bertz CT molecular complexity index is 515. The summed E-state index contributed by atoms with van der Waals surface area (Å²) in [6.45, 7) is 6.61. The molecule has 0 saturated carbocycles. The molecule has 0 aliphatic carbocycles. The minimum Gasteiger partial charge on any atom is -0.389 e. The van der Waals surface area contributed by atoms with E-state index in [1.165, 1.54) is 6.07 Å². The van der Waals surface area contributed by atoms with E-state index in [1.807, 2.05) is 20.8 Å². The van der Waals surface area contributed by atoms with Crippen molar-refractivity contribution >= 4 is 22.9 Å². The van der Waals surface area contributed by atoms with Crippen molar-refractivity contribution in [2.24, 2.45) is 5.73 Å². The van der Waals surface area contributed by atoms with E-state index in [1.54, 1.807) is 0 Å². The van der Waals surface area contributed by atoms with Gasteiger partial charge in [-0.15, -0.1) is 0 Å². The van der Waals surface area contributed by atoms with Gasteiger partial charge >= 0.3 is 6.18 Å². The number of rotatable bonds is 6. The summed E-state index contributed by atoms with van der Waals surface area (Å²) in [5, 5.41) is 3.04. The molecule has 21 heavy (non-hydrogen) atoms. The summed E-state index contributed by atoms with van der Waals surface area (Å²) in [7, 11) is 0. The molecule has 0 fully saturated rings. The van der Waals surface area contributed by atoms with Gasteiger partial charge in [0.15, 0.2) is 0 Å². The standard InChI is InChI=1S/C14H19F3N2OS/c1-4-20-13(2,3)8-19-11-6-5-9(14(15,16)17)7-10(11)12(18)21/h5-7,19H,4,8H2,1-3H3,(H2,18,21). The summed E-state index contributed by atoms with van der Waals surface area (Å²) in [6, 6.07) is 3.29. The molecule has 0 atom stereocenters. The third-order valence-corrected chi connectivity index (χ3v) is 3.07. The number of anilines is 1. The summed E-state index contributed by atoms with van der Waals surface area (Å²) in [6.07, 6.45) is -4.43. The quantitative estimate of drug-likeness (QED) is 0.787. The SMILES string of the molecule is CCOC(C)(C)CNc1ccc(C(F)(F)F)cc1C(N)=S. The maximum absolute atomic E-state index is 12.7. The van der Waals surface area contributed by atoms with Crippen LogP contribution in [0, 0.1) is 0 Å². The highest BCUT2D eigenvalue weighted by molar-refractivity contribution is 7.80. The van der Waals surface area contributed by atoms with Crippen molar-refractivity contribution in [1.29, 1.82) is 0 Å². The van der Waals surface area contributed by atoms with E-state index >= 15 is 0 Å². The van der Waals surface area contributed by atoms with E-state index in [2.05, 4.69) is 5.32 Å². The molecule has 0 aromatic heterocycles. The molecule has 118 valence electrons. The number of ether oxygens (including phenoxy) is 1. The molecular formula is C14H19F3N2OS. The predicted molar refractivity (Wildman–Crippen MR) is 81.5 cm³/mol. The number of benzene rings is 1. The lowest BCUT2D eigenvalue weighted by Gasteiger charge is -2.26. The molecule has 0 saturated heterocycles. The molecule has 7 heteroatoms. The zero-order valence-electron chi connectivity index (χ0n) is 12.2. The van der Waals surface area contributed by atoms with Crippen molar-refractivity contribution in [1.82, 2.24) is 0 Å². The first kappa shape index (κ1) is 17.7. The Morgan fingerprint density at radius 3 is 2.43 bits per heavy atom. The normalized spacial score (nSPS) is 12.3. The summed E-state index contributed by atoms with van der Waals surface area (Å²) < 4.78 is 43.7. The minimum atomic E-state index is -4.43. The van der Waals surface area contributed by atoms with Crippen LogP contribution < -0.4 is 11.1 Å². The molecule has 3 N–H and O–H groups in total. The molecule has 0 aliphatic rings. The maximum atomic E-state index is 12.7. The van der Waals surface area contributed by atoms with Gasteiger partial charge in [0.05, 0.1) is 11.2 Å². The van der Waals surface area contributed by atoms with Gasteiger partial charge in [-0.25, -0.2) is 0 Å². The zero-order valence-corrected chi connectivity index (χ0v) is 13.0. The third kappa shape index (κ3) is 5.17. The molecule has 0 amide bonds. The summed E-state index contributed by atoms with van der Waals surface area (Å²) in [5.74, 6) is 0. The van der Waals surface area contributed by atoms with Gasteiger partial charge in [0.1, 0.15) is 4.99 Å². The molecule has 1 aromatic rings. The first-order valence-electron chi connectivity index (χ1n) is 6.45. The Kier molecular flexibility index (Phi) is 5.58. The smallest absolute Gasteiger partial charge is 0.389 e. The lowest BCUT2D eigenvalue weighted by atomic mass is 10.1. The van der Waals surface area contributed by atoms with E-state index in [4.69, 9.17) is 22.7 Å². The molecule has 0 heterocycles. The van der Waals surface area contributed by atoms with Crippen LogP contribution in [0.1, 0.15) is 31.9 Å². The molecule has 1 rings (SSSR count). The number of hydrogen-bond acceptors (Lipinski definition) is 3. The van der Waals surface area contributed by atoms with Crippen molar-refractivity contribution in [3.63, 3.8) is 0 Å². The van der Waals surface area contributed by atoms with Gasteiger partial charge < -0.3 is 15.8 Å². The van der Waals surface area contributed by atoms with Crippen molar-refractivity contribution in [2.75, 3.05) is 18.5 Å². The van der Waals surface area contributed by atoms with Crippen molar-refractivity contribution in [3.8, 4) is 0 Å². The van der Waals surface area contributed by atoms with Gasteiger partial charge in [-0.1, -0.05) is 12.2 Å². The lowest BCUT2D eigenvalue weighted by Crippen LogP contribution is -2.34. The van der Waals surface area contributed by atoms with Crippen LogP contribution in [0.15, 0.2) is 18.2 Å². The van der Waals surface area contributed by atoms with E-state index in [-0.39, 0.29) is 10.6 Å². The van der Waals surface area contributed by atoms with Crippen molar-refractivity contribution in [3.05, 3.63) is 29.3 Å². The molecule has 0 unspecified atom stereocenters. The van der Waals surface area contributed by atoms with Gasteiger partial charge in [-0.3, -0.25) is 0 Å². The fraction of sp³-hybridized carbons (Fsp3) is 0.500. The predicted octanol–water partition coefficient (Wildman–Crippen LogP) is 3.57. The number of nitrogens with one attached hydrogen (secondary N) is 1. The largest absolute Gasteiger partial charge is 0.416 e. The first-order chi connectivity index (χ1) is 9.57. The van der Waals surface area contributed by atoms with Crippen molar-refractivity contribution in [2.45, 2.75) is 32.5 Å². The fourth-order valence-corrected chi connectivity index (χ4v) is 2.00. The fourth-order valence-electron chi connectivity index (χ4n) is 1.83. The van der Waals surface area contributed by atoms with Crippen molar-refractivity contribution < 1.29 is 17.9 Å². The van der Waals surface area contributed by atoms with Gasteiger partial charge in [0, 0.05) is 24.4 Å². The molecule has 0 radical (unpaired) electrons. The highest BCUT2D eigenvalue weighted by Gasteiger charge is 2.31. The molecule has 1 aromatic carbocycles. The lowest BCUT2D eigenvalue weighted by molar-refractivity contribution is -0.137. The van der Waals surface area contributed by atoms with Crippen LogP contribution >= 0.6 is 12.2 Å². The van der Waals surface area contributed by atoms with Crippen LogP contribution in [0.3, 0.4) is 0 Å². The van der Waals surface area contributed by atoms with Gasteiger partial charge in [0.2, 0.25) is 0 Å². The number of thiocarbonyl (C=S) groups is 1. The number of alkyl halides is 3. The molecule has 3 nitrogen and oxygen atoms in total. The van der Waals surface area contributed by atoms with Crippen LogP contribution in [0.25, 0.3) is 0 Å².